The summed E-state index contributed by atoms with van der Waals surface area (Å²) < 4.78 is 0. The molecule has 0 spiro atoms. The second kappa shape index (κ2) is 5.84. The molecule has 17 heavy (non-hydrogen) atoms. The van der Waals surface area contributed by atoms with Crippen molar-refractivity contribution in [1.29, 1.82) is 5.26 Å². The van der Waals surface area contributed by atoms with Crippen molar-refractivity contribution < 1.29 is 0 Å². The molecule has 2 heteroatoms. The third-order valence-corrected chi connectivity index (χ3v) is 3.37. The molecule has 0 aromatic heterocycles. The summed E-state index contributed by atoms with van der Waals surface area (Å²) in [5.41, 5.74) is 1.29. The van der Waals surface area contributed by atoms with E-state index in [-0.39, 0.29) is 6.04 Å². The van der Waals surface area contributed by atoms with Crippen LogP contribution in [0.1, 0.15) is 44.2 Å². The summed E-state index contributed by atoms with van der Waals surface area (Å²) in [7, 11) is 0. The predicted molar refractivity (Wildman–Crippen MR) is 69.4 cm³/mol. The maximum absolute atomic E-state index is 9.04. The summed E-state index contributed by atoms with van der Waals surface area (Å²) in [6, 6.07) is 13.8. The number of hydrogen-bond acceptors (Lipinski definition) is 2. The van der Waals surface area contributed by atoms with E-state index in [0.29, 0.717) is 12.5 Å². The number of nitrogens with zero attached hydrogens (tertiary/aromatic N) is 2. The molecule has 0 radical (unpaired) electrons. The molecule has 1 unspecified atom stereocenters. The highest BCUT2D eigenvalue weighted by Crippen LogP contribution is 2.35. The van der Waals surface area contributed by atoms with Crippen molar-refractivity contribution in [2.75, 3.05) is 6.54 Å². The Balaban J connectivity index is 2.17. The lowest BCUT2D eigenvalue weighted by atomic mass is 10.0. The van der Waals surface area contributed by atoms with Crippen LogP contribution in [-0.4, -0.2) is 17.5 Å². The van der Waals surface area contributed by atoms with E-state index in [0.717, 1.165) is 13.0 Å². The maximum atomic E-state index is 9.04. The standard InChI is InChI=1S/C15H20N2/c1-2-12-17(14-8-9-14)15(10-11-16)13-6-4-3-5-7-13/h3-7,14-15H,2,8-10,12H2,1H3. The van der Waals surface area contributed by atoms with Crippen LogP contribution in [0.25, 0.3) is 0 Å². The second-order valence-corrected chi connectivity index (χ2v) is 4.76. The van der Waals surface area contributed by atoms with E-state index < -0.39 is 0 Å². The Morgan fingerprint density at radius 2 is 2.06 bits per heavy atom. The lowest BCUT2D eigenvalue weighted by Gasteiger charge is -2.30. The quantitative estimate of drug-likeness (QED) is 0.745. The molecule has 2 rings (SSSR count). The van der Waals surface area contributed by atoms with Crippen LogP contribution in [0.5, 0.6) is 0 Å². The smallest absolute Gasteiger partial charge is 0.0641 e. The number of nitriles is 1. The van der Waals surface area contributed by atoms with Crippen molar-refractivity contribution in [3.8, 4) is 6.07 Å². The minimum absolute atomic E-state index is 0.286. The van der Waals surface area contributed by atoms with Gasteiger partial charge in [0.15, 0.2) is 0 Å². The topological polar surface area (TPSA) is 27.0 Å². The molecule has 1 aromatic carbocycles. The third kappa shape index (κ3) is 3.08. The van der Waals surface area contributed by atoms with Gasteiger partial charge in [0.2, 0.25) is 0 Å². The molecule has 0 saturated heterocycles. The Labute approximate surface area is 104 Å². The first-order chi connectivity index (χ1) is 8.36. The SMILES string of the molecule is CCCN(C1CC1)C(CC#N)c1ccccc1. The van der Waals surface area contributed by atoms with Gasteiger partial charge in [-0.1, -0.05) is 37.3 Å². The van der Waals surface area contributed by atoms with E-state index >= 15 is 0 Å². The van der Waals surface area contributed by atoms with Crippen molar-refractivity contribution >= 4 is 0 Å². The molecule has 0 bridgehead atoms. The Kier molecular flexibility index (Phi) is 4.17. The second-order valence-electron chi connectivity index (χ2n) is 4.76. The molecule has 1 aliphatic rings. The van der Waals surface area contributed by atoms with Gasteiger partial charge in [-0.3, -0.25) is 4.90 Å². The Morgan fingerprint density at radius 1 is 1.35 bits per heavy atom. The van der Waals surface area contributed by atoms with Crippen molar-refractivity contribution in [1.82, 2.24) is 4.90 Å². The average molecular weight is 228 g/mol. The molecule has 1 aliphatic carbocycles. The van der Waals surface area contributed by atoms with Gasteiger partial charge in [0, 0.05) is 12.1 Å². The summed E-state index contributed by atoms with van der Waals surface area (Å²) in [6.45, 7) is 3.32. The summed E-state index contributed by atoms with van der Waals surface area (Å²) in [5.74, 6) is 0. The molecule has 1 fully saturated rings. The summed E-state index contributed by atoms with van der Waals surface area (Å²) in [6.07, 6.45) is 4.36. The van der Waals surface area contributed by atoms with Crippen molar-refractivity contribution in [2.45, 2.75) is 44.7 Å². The van der Waals surface area contributed by atoms with Crippen molar-refractivity contribution in [3.05, 3.63) is 35.9 Å². The lowest BCUT2D eigenvalue weighted by molar-refractivity contribution is 0.189. The van der Waals surface area contributed by atoms with Crippen LogP contribution in [0.3, 0.4) is 0 Å². The van der Waals surface area contributed by atoms with Crippen molar-refractivity contribution in [3.63, 3.8) is 0 Å². The van der Waals surface area contributed by atoms with Crippen LogP contribution < -0.4 is 0 Å². The monoisotopic (exact) mass is 228 g/mol. The summed E-state index contributed by atoms with van der Waals surface area (Å²) in [4.78, 5) is 2.53. The molecule has 0 amide bonds. The third-order valence-electron chi connectivity index (χ3n) is 3.37. The molecular weight excluding hydrogens is 208 g/mol. The molecule has 1 saturated carbocycles. The fourth-order valence-electron chi connectivity index (χ4n) is 2.45. The van der Waals surface area contributed by atoms with E-state index in [2.05, 4.69) is 42.2 Å². The zero-order chi connectivity index (χ0) is 12.1. The Hall–Kier alpha value is -1.33. The number of rotatable bonds is 6. The highest BCUT2D eigenvalue weighted by molar-refractivity contribution is 5.20. The minimum Gasteiger partial charge on any atom is -0.292 e. The van der Waals surface area contributed by atoms with Gasteiger partial charge in [-0.05, 0) is 31.4 Å². The zero-order valence-electron chi connectivity index (χ0n) is 10.5. The first-order valence-corrected chi connectivity index (χ1v) is 6.54. The summed E-state index contributed by atoms with van der Waals surface area (Å²) >= 11 is 0. The Bertz CT molecular complexity index is 376. The van der Waals surface area contributed by atoms with Gasteiger partial charge in [0.05, 0.1) is 12.5 Å². The largest absolute Gasteiger partial charge is 0.292 e. The fourth-order valence-corrected chi connectivity index (χ4v) is 2.45. The van der Waals surface area contributed by atoms with E-state index in [1.807, 2.05) is 6.07 Å². The normalized spacial score (nSPS) is 16.8. The van der Waals surface area contributed by atoms with E-state index in [1.54, 1.807) is 0 Å². The van der Waals surface area contributed by atoms with E-state index in [4.69, 9.17) is 5.26 Å². The maximum Gasteiger partial charge on any atom is 0.0641 e. The van der Waals surface area contributed by atoms with Crippen molar-refractivity contribution in [2.24, 2.45) is 0 Å². The molecule has 0 N–H and O–H groups in total. The fraction of sp³-hybridized carbons (Fsp3) is 0.533. The van der Waals surface area contributed by atoms with Gasteiger partial charge in [0.1, 0.15) is 0 Å². The van der Waals surface area contributed by atoms with Crippen LogP contribution in [-0.2, 0) is 0 Å². The molecule has 90 valence electrons. The highest BCUT2D eigenvalue weighted by atomic mass is 15.2. The van der Waals surface area contributed by atoms with E-state index in [1.165, 1.54) is 18.4 Å². The first-order valence-electron chi connectivity index (χ1n) is 6.54. The molecular formula is C15H20N2. The Morgan fingerprint density at radius 3 is 2.59 bits per heavy atom. The van der Waals surface area contributed by atoms with Crippen LogP contribution in [0.2, 0.25) is 0 Å². The molecule has 2 nitrogen and oxygen atoms in total. The van der Waals surface area contributed by atoms with Gasteiger partial charge in [-0.15, -0.1) is 0 Å². The van der Waals surface area contributed by atoms with Crippen LogP contribution in [0.4, 0.5) is 0 Å². The molecule has 0 heterocycles. The van der Waals surface area contributed by atoms with Gasteiger partial charge in [0.25, 0.3) is 0 Å². The molecule has 1 aromatic rings. The van der Waals surface area contributed by atoms with Gasteiger partial charge < -0.3 is 0 Å². The van der Waals surface area contributed by atoms with Gasteiger partial charge in [-0.25, -0.2) is 0 Å². The number of hydrogen-bond donors (Lipinski definition) is 0. The van der Waals surface area contributed by atoms with Crippen LogP contribution in [0.15, 0.2) is 30.3 Å². The van der Waals surface area contributed by atoms with Crippen LogP contribution >= 0.6 is 0 Å². The minimum atomic E-state index is 0.286. The lowest BCUT2D eigenvalue weighted by Crippen LogP contribution is -2.31. The summed E-state index contributed by atoms with van der Waals surface area (Å²) in [5, 5.41) is 9.04. The molecule has 1 atom stereocenters. The number of benzene rings is 1. The van der Waals surface area contributed by atoms with E-state index in [9.17, 15) is 0 Å². The van der Waals surface area contributed by atoms with Gasteiger partial charge >= 0.3 is 0 Å². The average Bonchev–Trinajstić information content (AvgIpc) is 3.19. The zero-order valence-corrected chi connectivity index (χ0v) is 10.5. The molecule has 0 aliphatic heterocycles. The van der Waals surface area contributed by atoms with Gasteiger partial charge in [-0.2, -0.15) is 5.26 Å². The highest BCUT2D eigenvalue weighted by Gasteiger charge is 2.33. The van der Waals surface area contributed by atoms with Crippen LogP contribution in [0, 0.1) is 11.3 Å². The predicted octanol–water partition coefficient (Wildman–Crippen LogP) is 3.52. The first kappa shape index (κ1) is 12.1.